The number of hydrogen-bond donors (Lipinski definition) is 0. The van der Waals surface area contributed by atoms with Gasteiger partial charge in [-0.15, -0.1) is 0 Å². The van der Waals surface area contributed by atoms with Crippen LogP contribution in [-0.2, 0) is 28.6 Å². The van der Waals surface area contributed by atoms with Crippen LogP contribution in [0.3, 0.4) is 0 Å². The predicted octanol–water partition coefficient (Wildman–Crippen LogP) is 18.3. The van der Waals surface area contributed by atoms with E-state index in [1.54, 1.807) is 0 Å². The SMILES string of the molecule is CC\C=C/C=C\C=C/C=C\CCCCCCCC(=O)OCC(COC(=O)CCCCCCC/C=C\CCCCCCCCCCC)OC(=O)CCCCC/C=C\C/C=C\C/C=C\C/C=C\CC. The van der Waals surface area contributed by atoms with Gasteiger partial charge in [-0.05, 0) is 103 Å². The molecule has 1 atom stereocenters. The molecule has 6 heteroatoms. The van der Waals surface area contributed by atoms with Crippen molar-refractivity contribution >= 4 is 17.9 Å². The first kappa shape index (κ1) is 63.1. The first-order valence-corrected chi connectivity index (χ1v) is 27.4. The molecular weight excluding hydrogens is 829 g/mol. The molecule has 0 rings (SSSR count). The number of allylic oxidation sites excluding steroid dienone is 18. The molecule has 0 fully saturated rings. The molecule has 0 heterocycles. The summed E-state index contributed by atoms with van der Waals surface area (Å²) in [6, 6.07) is 0. The number of unbranched alkanes of at least 4 members (excludes halogenated alkanes) is 22. The average molecular weight is 929 g/mol. The normalized spacial score (nSPS) is 12.9. The Labute approximate surface area is 412 Å². The van der Waals surface area contributed by atoms with E-state index < -0.39 is 6.10 Å². The lowest BCUT2D eigenvalue weighted by Gasteiger charge is -2.18. The zero-order valence-corrected chi connectivity index (χ0v) is 43.4. The van der Waals surface area contributed by atoms with E-state index in [-0.39, 0.29) is 37.5 Å². The van der Waals surface area contributed by atoms with E-state index in [0.717, 1.165) is 128 Å². The molecule has 0 bridgehead atoms. The molecular formula is C61H100O6. The summed E-state index contributed by atoms with van der Waals surface area (Å²) in [5.41, 5.74) is 0. The Balaban J connectivity index is 4.49. The van der Waals surface area contributed by atoms with Crippen molar-refractivity contribution in [1.29, 1.82) is 0 Å². The van der Waals surface area contributed by atoms with E-state index in [0.29, 0.717) is 12.8 Å². The highest BCUT2D eigenvalue weighted by Crippen LogP contribution is 2.14. The largest absolute Gasteiger partial charge is 0.462 e. The lowest BCUT2D eigenvalue weighted by atomic mass is 10.1. The zero-order chi connectivity index (χ0) is 48.6. The predicted molar refractivity (Wildman–Crippen MR) is 288 cm³/mol. The number of ether oxygens (including phenoxy) is 3. The lowest BCUT2D eigenvalue weighted by Crippen LogP contribution is -2.30. The fourth-order valence-corrected chi connectivity index (χ4v) is 7.26. The maximum Gasteiger partial charge on any atom is 0.306 e. The molecule has 0 N–H and O–H groups in total. The van der Waals surface area contributed by atoms with Crippen molar-refractivity contribution in [3.8, 4) is 0 Å². The van der Waals surface area contributed by atoms with Gasteiger partial charge in [0.25, 0.3) is 0 Å². The summed E-state index contributed by atoms with van der Waals surface area (Å²) in [7, 11) is 0. The van der Waals surface area contributed by atoms with Crippen LogP contribution in [0.25, 0.3) is 0 Å². The van der Waals surface area contributed by atoms with Crippen LogP contribution in [0, 0.1) is 0 Å². The number of hydrogen-bond acceptors (Lipinski definition) is 6. The van der Waals surface area contributed by atoms with Crippen molar-refractivity contribution in [2.24, 2.45) is 0 Å². The molecule has 0 aromatic carbocycles. The molecule has 0 saturated heterocycles. The number of rotatable bonds is 48. The van der Waals surface area contributed by atoms with Crippen molar-refractivity contribution < 1.29 is 28.6 Å². The third-order valence-corrected chi connectivity index (χ3v) is 11.3. The van der Waals surface area contributed by atoms with Gasteiger partial charge >= 0.3 is 17.9 Å². The fourth-order valence-electron chi connectivity index (χ4n) is 7.26. The third-order valence-electron chi connectivity index (χ3n) is 11.3. The Morgan fingerprint density at radius 2 is 0.657 bits per heavy atom. The monoisotopic (exact) mass is 929 g/mol. The third kappa shape index (κ3) is 52.9. The minimum absolute atomic E-state index is 0.105. The van der Waals surface area contributed by atoms with Gasteiger partial charge in [-0.25, -0.2) is 0 Å². The molecule has 67 heavy (non-hydrogen) atoms. The molecule has 380 valence electrons. The Bertz CT molecular complexity index is 1390. The van der Waals surface area contributed by atoms with Gasteiger partial charge in [-0.2, -0.15) is 0 Å². The summed E-state index contributed by atoms with van der Waals surface area (Å²) < 4.78 is 16.8. The van der Waals surface area contributed by atoms with Crippen LogP contribution in [0.5, 0.6) is 0 Å². The molecule has 0 amide bonds. The van der Waals surface area contributed by atoms with E-state index in [4.69, 9.17) is 14.2 Å². The Morgan fingerprint density at radius 3 is 1.12 bits per heavy atom. The standard InChI is InChI=1S/C61H100O6/c1-4-7-10-13-16-19-22-25-28-30-31-34-36-39-42-45-48-51-54-60(63)66-57-58(56-65-59(62)53-50-47-44-41-38-35-32-27-24-21-18-15-12-9-6-3)67-61(64)55-52-49-46-43-40-37-33-29-26-23-20-17-14-11-8-5-2/h8-9,11-12,15,17-18,20-21,24,26-27,29,31-32,34,37,40,58H,4-7,10,13-14,16,19,22-23,25,28,30,33,35-36,38-39,41-57H2,1-3H3/b11-8-,12-9-,18-15-,20-17-,24-21-,29-26-,32-27-,34-31-,40-37-. The van der Waals surface area contributed by atoms with E-state index in [1.165, 1.54) is 70.6 Å². The Morgan fingerprint density at radius 1 is 0.328 bits per heavy atom. The highest BCUT2D eigenvalue weighted by Gasteiger charge is 2.19. The second-order valence-corrected chi connectivity index (χ2v) is 17.8. The molecule has 0 radical (unpaired) electrons. The summed E-state index contributed by atoms with van der Waals surface area (Å²) in [4.78, 5) is 38.1. The van der Waals surface area contributed by atoms with Crippen molar-refractivity contribution in [2.45, 2.75) is 245 Å². The first-order valence-electron chi connectivity index (χ1n) is 27.4. The van der Waals surface area contributed by atoms with Gasteiger partial charge in [0.1, 0.15) is 13.2 Å². The lowest BCUT2D eigenvalue weighted by molar-refractivity contribution is -0.167. The highest BCUT2D eigenvalue weighted by molar-refractivity contribution is 5.71. The number of carbonyl (C=O) groups is 3. The van der Waals surface area contributed by atoms with E-state index in [9.17, 15) is 14.4 Å². The summed E-state index contributed by atoms with van der Waals surface area (Å²) in [5, 5.41) is 0. The van der Waals surface area contributed by atoms with Gasteiger partial charge < -0.3 is 14.2 Å². The topological polar surface area (TPSA) is 78.9 Å². The fraction of sp³-hybridized carbons (Fsp3) is 0.656. The number of carbonyl (C=O) groups excluding carboxylic acids is 3. The number of esters is 3. The first-order chi connectivity index (χ1) is 33.0. The average Bonchev–Trinajstić information content (AvgIpc) is 3.33. The van der Waals surface area contributed by atoms with Gasteiger partial charge in [-0.1, -0.05) is 226 Å². The Hall–Kier alpha value is -3.93. The van der Waals surface area contributed by atoms with E-state index in [1.807, 2.05) is 18.2 Å². The summed E-state index contributed by atoms with van der Waals surface area (Å²) >= 11 is 0. The van der Waals surface area contributed by atoms with Crippen molar-refractivity contribution in [3.05, 3.63) is 109 Å². The molecule has 0 aliphatic heterocycles. The summed E-state index contributed by atoms with van der Waals surface area (Å²) in [6.07, 6.45) is 73.6. The van der Waals surface area contributed by atoms with Crippen molar-refractivity contribution in [1.82, 2.24) is 0 Å². The van der Waals surface area contributed by atoms with Crippen LogP contribution in [0.4, 0.5) is 0 Å². The van der Waals surface area contributed by atoms with Crippen LogP contribution < -0.4 is 0 Å². The van der Waals surface area contributed by atoms with Crippen LogP contribution >= 0.6 is 0 Å². The van der Waals surface area contributed by atoms with Crippen LogP contribution in [0.2, 0.25) is 0 Å². The maximum atomic E-state index is 12.8. The molecule has 0 aromatic rings. The van der Waals surface area contributed by atoms with Gasteiger partial charge in [0.15, 0.2) is 6.10 Å². The van der Waals surface area contributed by atoms with Crippen LogP contribution in [-0.4, -0.2) is 37.2 Å². The van der Waals surface area contributed by atoms with Crippen LogP contribution in [0.1, 0.15) is 239 Å². The smallest absolute Gasteiger partial charge is 0.306 e. The summed E-state index contributed by atoms with van der Waals surface area (Å²) in [5.74, 6) is -0.970. The second-order valence-electron chi connectivity index (χ2n) is 17.8. The molecule has 1 unspecified atom stereocenters. The second kappa shape index (κ2) is 54.7. The minimum Gasteiger partial charge on any atom is -0.462 e. The van der Waals surface area contributed by atoms with Crippen molar-refractivity contribution in [3.63, 3.8) is 0 Å². The highest BCUT2D eigenvalue weighted by atomic mass is 16.6. The maximum absolute atomic E-state index is 12.8. The van der Waals surface area contributed by atoms with Crippen molar-refractivity contribution in [2.75, 3.05) is 13.2 Å². The molecule has 0 aliphatic rings. The van der Waals surface area contributed by atoms with Gasteiger partial charge in [0, 0.05) is 19.3 Å². The molecule has 0 saturated carbocycles. The molecule has 0 aromatic heterocycles. The van der Waals surface area contributed by atoms with Crippen LogP contribution in [0.15, 0.2) is 109 Å². The minimum atomic E-state index is -0.810. The zero-order valence-electron chi connectivity index (χ0n) is 43.4. The molecule has 0 aliphatic carbocycles. The van der Waals surface area contributed by atoms with Gasteiger partial charge in [0.2, 0.25) is 0 Å². The summed E-state index contributed by atoms with van der Waals surface area (Å²) in [6.45, 7) is 6.33. The quantitative estimate of drug-likeness (QED) is 0.0199. The van der Waals surface area contributed by atoms with E-state index in [2.05, 4.69) is 112 Å². The van der Waals surface area contributed by atoms with E-state index >= 15 is 0 Å². The van der Waals surface area contributed by atoms with Gasteiger partial charge in [0.05, 0.1) is 0 Å². The Kier molecular flexibility index (Phi) is 51.5. The molecule has 0 spiro atoms. The van der Waals surface area contributed by atoms with Gasteiger partial charge in [-0.3, -0.25) is 14.4 Å². The molecule has 6 nitrogen and oxygen atoms in total.